The molecule has 1 aromatic heterocycles. The number of pyridine rings is 1. The van der Waals surface area contributed by atoms with E-state index in [2.05, 4.69) is 24.1 Å². The van der Waals surface area contributed by atoms with Gasteiger partial charge >= 0.3 is 0 Å². The van der Waals surface area contributed by atoms with Crippen molar-refractivity contribution in [2.24, 2.45) is 11.1 Å². The minimum atomic E-state index is 0.294. The van der Waals surface area contributed by atoms with Crippen molar-refractivity contribution < 1.29 is 0 Å². The van der Waals surface area contributed by atoms with Gasteiger partial charge in [0.05, 0.1) is 0 Å². The van der Waals surface area contributed by atoms with E-state index in [4.69, 9.17) is 5.73 Å². The molecule has 0 spiro atoms. The minimum Gasteiger partial charge on any atom is -0.384 e. The smallest absolute Gasteiger partial charge is 0.0371 e. The lowest BCUT2D eigenvalue weighted by Gasteiger charge is -2.25. The van der Waals surface area contributed by atoms with Crippen molar-refractivity contribution in [1.29, 1.82) is 0 Å². The summed E-state index contributed by atoms with van der Waals surface area (Å²) in [6.45, 7) is 6.27. The van der Waals surface area contributed by atoms with E-state index in [0.29, 0.717) is 5.41 Å². The van der Waals surface area contributed by atoms with Crippen molar-refractivity contribution in [3.63, 3.8) is 0 Å². The second-order valence-corrected chi connectivity index (χ2v) is 4.65. The van der Waals surface area contributed by atoms with Crippen molar-refractivity contribution in [2.75, 3.05) is 18.4 Å². The zero-order chi connectivity index (χ0) is 11.1. The normalized spacial score (nSPS) is 11.4. The van der Waals surface area contributed by atoms with Crippen LogP contribution in [0.1, 0.15) is 26.7 Å². The van der Waals surface area contributed by atoms with E-state index in [-0.39, 0.29) is 0 Å². The van der Waals surface area contributed by atoms with Crippen molar-refractivity contribution in [3.8, 4) is 0 Å². The number of anilines is 1. The number of nitrogens with one attached hydrogen (secondary N) is 1. The van der Waals surface area contributed by atoms with Crippen molar-refractivity contribution in [1.82, 2.24) is 4.98 Å². The van der Waals surface area contributed by atoms with Gasteiger partial charge in [0.1, 0.15) is 0 Å². The maximum atomic E-state index is 5.51. The maximum Gasteiger partial charge on any atom is 0.0371 e. The Morgan fingerprint density at radius 2 is 2.00 bits per heavy atom. The molecule has 0 saturated carbocycles. The monoisotopic (exact) mass is 207 g/mol. The van der Waals surface area contributed by atoms with E-state index < -0.39 is 0 Å². The zero-order valence-electron chi connectivity index (χ0n) is 9.66. The Balaban J connectivity index is 2.35. The third-order valence-corrected chi connectivity index (χ3v) is 2.51. The standard InChI is InChI=1S/C12H21N3/c1-12(2,6-3-7-13)10-15-11-4-8-14-9-5-11/h4-5,8-9H,3,6-7,10,13H2,1-2H3,(H,14,15). The summed E-state index contributed by atoms with van der Waals surface area (Å²) in [7, 11) is 0. The first-order valence-electron chi connectivity index (χ1n) is 5.48. The molecule has 1 rings (SSSR count). The fourth-order valence-electron chi connectivity index (χ4n) is 1.48. The molecule has 0 amide bonds. The number of aromatic nitrogens is 1. The van der Waals surface area contributed by atoms with Crippen LogP contribution >= 0.6 is 0 Å². The summed E-state index contributed by atoms with van der Waals surface area (Å²) in [4.78, 5) is 3.98. The van der Waals surface area contributed by atoms with Crippen LogP contribution in [0.15, 0.2) is 24.5 Å². The molecule has 0 unspecified atom stereocenters. The second-order valence-electron chi connectivity index (χ2n) is 4.65. The zero-order valence-corrected chi connectivity index (χ0v) is 9.66. The van der Waals surface area contributed by atoms with Crippen molar-refractivity contribution in [2.45, 2.75) is 26.7 Å². The van der Waals surface area contributed by atoms with Gasteiger partial charge in [-0.2, -0.15) is 0 Å². The second kappa shape index (κ2) is 5.71. The lowest BCUT2D eigenvalue weighted by atomic mass is 9.87. The molecule has 0 bridgehead atoms. The Hall–Kier alpha value is -1.09. The maximum absolute atomic E-state index is 5.51. The van der Waals surface area contributed by atoms with E-state index in [1.807, 2.05) is 12.1 Å². The first-order valence-corrected chi connectivity index (χ1v) is 5.48. The van der Waals surface area contributed by atoms with Gasteiger partial charge in [-0.1, -0.05) is 13.8 Å². The summed E-state index contributed by atoms with van der Waals surface area (Å²) in [5.41, 5.74) is 6.94. The van der Waals surface area contributed by atoms with Crippen molar-refractivity contribution >= 4 is 5.69 Å². The third-order valence-electron chi connectivity index (χ3n) is 2.51. The molecule has 3 heteroatoms. The van der Waals surface area contributed by atoms with E-state index in [9.17, 15) is 0 Å². The molecular formula is C12H21N3. The lowest BCUT2D eigenvalue weighted by Crippen LogP contribution is -2.24. The predicted octanol–water partition coefficient (Wildman–Crippen LogP) is 2.26. The minimum absolute atomic E-state index is 0.294. The molecule has 0 aromatic carbocycles. The highest BCUT2D eigenvalue weighted by Crippen LogP contribution is 2.22. The van der Waals surface area contributed by atoms with Crippen LogP contribution in [0.5, 0.6) is 0 Å². The summed E-state index contributed by atoms with van der Waals surface area (Å²) < 4.78 is 0. The molecule has 1 aromatic rings. The highest BCUT2D eigenvalue weighted by molar-refractivity contribution is 5.40. The summed E-state index contributed by atoms with van der Waals surface area (Å²) in [6.07, 6.45) is 5.84. The van der Waals surface area contributed by atoms with Crippen LogP contribution in [0.25, 0.3) is 0 Å². The average molecular weight is 207 g/mol. The highest BCUT2D eigenvalue weighted by atomic mass is 14.9. The van der Waals surface area contributed by atoms with Gasteiger partial charge in [0.25, 0.3) is 0 Å². The molecule has 84 valence electrons. The Morgan fingerprint density at radius 1 is 1.33 bits per heavy atom. The van der Waals surface area contributed by atoms with Crippen LogP contribution < -0.4 is 11.1 Å². The largest absolute Gasteiger partial charge is 0.384 e. The number of hydrogen-bond donors (Lipinski definition) is 2. The fraction of sp³-hybridized carbons (Fsp3) is 0.583. The van der Waals surface area contributed by atoms with Gasteiger partial charge in [0.2, 0.25) is 0 Å². The van der Waals surface area contributed by atoms with Crippen LogP contribution in [0, 0.1) is 5.41 Å². The molecular weight excluding hydrogens is 186 g/mol. The van der Waals surface area contributed by atoms with Gasteiger partial charge in [-0.05, 0) is 36.9 Å². The summed E-state index contributed by atoms with van der Waals surface area (Å²) >= 11 is 0. The molecule has 3 N–H and O–H groups in total. The van der Waals surface area contributed by atoms with Gasteiger partial charge in [-0.15, -0.1) is 0 Å². The first kappa shape index (κ1) is 12.0. The number of rotatable bonds is 6. The first-order chi connectivity index (χ1) is 7.14. The van der Waals surface area contributed by atoms with Gasteiger partial charge in [0.15, 0.2) is 0 Å². The fourth-order valence-corrected chi connectivity index (χ4v) is 1.48. The van der Waals surface area contributed by atoms with Crippen LogP contribution in [0.3, 0.4) is 0 Å². The van der Waals surface area contributed by atoms with E-state index in [1.165, 1.54) is 0 Å². The SMILES string of the molecule is CC(C)(CCCN)CNc1ccncc1. The van der Waals surface area contributed by atoms with Gasteiger partial charge in [0, 0.05) is 24.6 Å². The summed E-state index contributed by atoms with van der Waals surface area (Å²) in [5, 5.41) is 3.41. The van der Waals surface area contributed by atoms with Gasteiger partial charge in [-0.3, -0.25) is 4.98 Å². The Kier molecular flexibility index (Phi) is 4.56. The average Bonchev–Trinajstić information content (AvgIpc) is 2.25. The van der Waals surface area contributed by atoms with Crippen LogP contribution in [0.2, 0.25) is 0 Å². The van der Waals surface area contributed by atoms with Gasteiger partial charge in [-0.25, -0.2) is 0 Å². The number of hydrogen-bond acceptors (Lipinski definition) is 3. The molecule has 15 heavy (non-hydrogen) atoms. The predicted molar refractivity (Wildman–Crippen MR) is 64.8 cm³/mol. The Labute approximate surface area is 92.1 Å². The lowest BCUT2D eigenvalue weighted by molar-refractivity contribution is 0.350. The molecule has 0 atom stereocenters. The molecule has 3 nitrogen and oxygen atoms in total. The molecule has 0 aliphatic heterocycles. The van der Waals surface area contributed by atoms with Gasteiger partial charge < -0.3 is 11.1 Å². The Bertz CT molecular complexity index is 269. The third kappa shape index (κ3) is 4.79. The van der Waals surface area contributed by atoms with Crippen LogP contribution in [0.4, 0.5) is 5.69 Å². The number of nitrogens with two attached hydrogens (primary N) is 1. The molecule has 0 radical (unpaired) electrons. The van der Waals surface area contributed by atoms with Crippen LogP contribution in [-0.2, 0) is 0 Å². The molecule has 0 fully saturated rings. The summed E-state index contributed by atoms with van der Waals surface area (Å²) in [5.74, 6) is 0. The van der Waals surface area contributed by atoms with E-state index in [0.717, 1.165) is 31.6 Å². The summed E-state index contributed by atoms with van der Waals surface area (Å²) in [6, 6.07) is 3.97. The Morgan fingerprint density at radius 3 is 2.60 bits per heavy atom. The molecule has 0 aliphatic rings. The quantitative estimate of drug-likeness (QED) is 0.752. The topological polar surface area (TPSA) is 50.9 Å². The van der Waals surface area contributed by atoms with E-state index >= 15 is 0 Å². The highest BCUT2D eigenvalue weighted by Gasteiger charge is 2.16. The van der Waals surface area contributed by atoms with E-state index in [1.54, 1.807) is 12.4 Å². The molecule has 0 aliphatic carbocycles. The van der Waals surface area contributed by atoms with Crippen LogP contribution in [-0.4, -0.2) is 18.1 Å². The molecule has 0 saturated heterocycles. The van der Waals surface area contributed by atoms with Crippen molar-refractivity contribution in [3.05, 3.63) is 24.5 Å². The number of nitrogens with zero attached hydrogens (tertiary/aromatic N) is 1. The molecule has 1 heterocycles.